The van der Waals surface area contributed by atoms with Crippen molar-refractivity contribution in [1.29, 1.82) is 0 Å². The van der Waals surface area contributed by atoms with Gasteiger partial charge in [-0.2, -0.15) is 0 Å². The largest absolute Gasteiger partial charge is 0.326 e. The summed E-state index contributed by atoms with van der Waals surface area (Å²) in [6.07, 6.45) is 1.93. The van der Waals surface area contributed by atoms with Gasteiger partial charge in [0, 0.05) is 11.6 Å². The van der Waals surface area contributed by atoms with E-state index in [1.807, 2.05) is 30.3 Å². The smallest absolute Gasteiger partial charge is 0.227 e. The predicted molar refractivity (Wildman–Crippen MR) is 65.3 cm³/mol. The number of piperidine rings is 1. The molecule has 1 aliphatic rings. The van der Waals surface area contributed by atoms with E-state index < -0.39 is 0 Å². The number of carbonyl (C=O) groups is 1. The molecule has 0 bridgehead atoms. The summed E-state index contributed by atoms with van der Waals surface area (Å²) < 4.78 is 0. The van der Waals surface area contributed by atoms with Crippen LogP contribution in [0, 0.1) is 5.92 Å². The molecule has 0 aliphatic carbocycles. The topological polar surface area (TPSA) is 32.3 Å². The van der Waals surface area contributed by atoms with Crippen LogP contribution in [-0.2, 0) is 4.79 Å². The highest BCUT2D eigenvalue weighted by Crippen LogP contribution is 2.18. The van der Waals surface area contributed by atoms with Crippen molar-refractivity contribution in [2.45, 2.75) is 12.8 Å². The summed E-state index contributed by atoms with van der Waals surface area (Å²) >= 11 is 0. The third-order valence-corrected chi connectivity index (χ3v) is 3.13. The van der Waals surface area contributed by atoms with E-state index >= 15 is 0 Å². The second kappa shape index (κ2) is 5.12. The van der Waals surface area contributed by atoms with Crippen molar-refractivity contribution in [3.63, 3.8) is 0 Å². The molecular weight excluding hydrogens is 200 g/mol. The molecule has 1 fully saturated rings. The van der Waals surface area contributed by atoms with E-state index in [4.69, 9.17) is 0 Å². The first-order valence-corrected chi connectivity index (χ1v) is 5.80. The number of rotatable bonds is 2. The van der Waals surface area contributed by atoms with Gasteiger partial charge in [-0.25, -0.2) is 0 Å². The average molecular weight is 218 g/mol. The highest BCUT2D eigenvalue weighted by Gasteiger charge is 2.23. The minimum atomic E-state index is 0.166. The molecule has 0 aromatic heterocycles. The number of hydrogen-bond donors (Lipinski definition) is 1. The zero-order chi connectivity index (χ0) is 11.4. The van der Waals surface area contributed by atoms with Gasteiger partial charge in [0.2, 0.25) is 5.91 Å². The fraction of sp³-hybridized carbons (Fsp3) is 0.462. The third kappa shape index (κ3) is 2.83. The first kappa shape index (κ1) is 11.1. The van der Waals surface area contributed by atoms with Crippen LogP contribution in [0.2, 0.25) is 0 Å². The number of hydrogen-bond acceptors (Lipinski definition) is 2. The summed E-state index contributed by atoms with van der Waals surface area (Å²) in [5.74, 6) is 0.343. The molecule has 1 heterocycles. The Hall–Kier alpha value is -1.35. The van der Waals surface area contributed by atoms with Gasteiger partial charge in [0.1, 0.15) is 0 Å². The lowest BCUT2D eigenvalue weighted by Crippen LogP contribution is -2.35. The minimum Gasteiger partial charge on any atom is -0.326 e. The fourth-order valence-electron chi connectivity index (χ4n) is 2.04. The second-order valence-corrected chi connectivity index (χ2v) is 4.43. The maximum absolute atomic E-state index is 11.9. The average Bonchev–Trinajstić information content (AvgIpc) is 2.31. The van der Waals surface area contributed by atoms with Gasteiger partial charge in [0.05, 0.1) is 0 Å². The van der Waals surface area contributed by atoms with E-state index in [2.05, 4.69) is 17.3 Å². The highest BCUT2D eigenvalue weighted by molar-refractivity contribution is 5.92. The van der Waals surface area contributed by atoms with Crippen molar-refractivity contribution in [2.24, 2.45) is 5.92 Å². The molecule has 1 saturated heterocycles. The molecule has 0 unspecified atom stereocenters. The number of nitrogens with one attached hydrogen (secondary N) is 1. The number of anilines is 1. The van der Waals surface area contributed by atoms with Gasteiger partial charge in [-0.15, -0.1) is 0 Å². The van der Waals surface area contributed by atoms with Crippen LogP contribution in [0.15, 0.2) is 30.3 Å². The predicted octanol–water partition coefficient (Wildman–Crippen LogP) is 1.97. The van der Waals surface area contributed by atoms with Crippen molar-refractivity contribution in [1.82, 2.24) is 4.90 Å². The van der Waals surface area contributed by atoms with Crippen LogP contribution in [0.25, 0.3) is 0 Å². The van der Waals surface area contributed by atoms with Gasteiger partial charge in [0.25, 0.3) is 0 Å². The van der Waals surface area contributed by atoms with E-state index in [0.717, 1.165) is 31.6 Å². The van der Waals surface area contributed by atoms with Crippen LogP contribution in [0.1, 0.15) is 12.8 Å². The second-order valence-electron chi connectivity index (χ2n) is 4.43. The van der Waals surface area contributed by atoms with Gasteiger partial charge in [0.15, 0.2) is 0 Å². The molecule has 0 saturated carbocycles. The lowest BCUT2D eigenvalue weighted by atomic mass is 9.96. The van der Waals surface area contributed by atoms with Crippen LogP contribution < -0.4 is 5.32 Å². The Labute approximate surface area is 96.5 Å². The summed E-state index contributed by atoms with van der Waals surface area (Å²) in [6.45, 7) is 2.04. The molecule has 86 valence electrons. The minimum absolute atomic E-state index is 0.166. The molecule has 0 atom stereocenters. The molecule has 0 radical (unpaired) electrons. The molecule has 1 N–H and O–H groups in total. The lowest BCUT2D eigenvalue weighted by molar-refractivity contribution is -0.121. The van der Waals surface area contributed by atoms with Gasteiger partial charge >= 0.3 is 0 Å². The summed E-state index contributed by atoms with van der Waals surface area (Å²) in [6, 6.07) is 9.67. The maximum Gasteiger partial charge on any atom is 0.227 e. The van der Waals surface area contributed by atoms with E-state index in [0.29, 0.717) is 0 Å². The highest BCUT2D eigenvalue weighted by atomic mass is 16.1. The molecular formula is C13H18N2O. The van der Waals surface area contributed by atoms with Gasteiger partial charge in [-0.3, -0.25) is 4.79 Å². The first-order chi connectivity index (χ1) is 7.75. The Morgan fingerprint density at radius 3 is 2.50 bits per heavy atom. The zero-order valence-electron chi connectivity index (χ0n) is 9.65. The Kier molecular flexibility index (Phi) is 3.57. The van der Waals surface area contributed by atoms with E-state index in [-0.39, 0.29) is 11.8 Å². The molecule has 3 heteroatoms. The number of benzene rings is 1. The van der Waals surface area contributed by atoms with E-state index in [1.54, 1.807) is 0 Å². The molecule has 1 aromatic rings. The van der Waals surface area contributed by atoms with Gasteiger partial charge in [-0.1, -0.05) is 18.2 Å². The summed E-state index contributed by atoms with van der Waals surface area (Å²) in [5.41, 5.74) is 0.895. The molecule has 1 aromatic carbocycles. The monoisotopic (exact) mass is 218 g/mol. The van der Waals surface area contributed by atoms with E-state index in [9.17, 15) is 4.79 Å². The van der Waals surface area contributed by atoms with Gasteiger partial charge in [-0.05, 0) is 45.1 Å². The van der Waals surface area contributed by atoms with Crippen molar-refractivity contribution in [3.8, 4) is 0 Å². The Morgan fingerprint density at radius 1 is 1.25 bits per heavy atom. The fourth-order valence-corrected chi connectivity index (χ4v) is 2.04. The van der Waals surface area contributed by atoms with Crippen molar-refractivity contribution >= 4 is 11.6 Å². The summed E-state index contributed by atoms with van der Waals surface area (Å²) in [5, 5.41) is 2.97. The first-order valence-electron chi connectivity index (χ1n) is 5.80. The molecule has 1 amide bonds. The molecule has 3 nitrogen and oxygen atoms in total. The Balaban J connectivity index is 1.89. The summed E-state index contributed by atoms with van der Waals surface area (Å²) in [7, 11) is 2.10. The van der Waals surface area contributed by atoms with Crippen LogP contribution in [0.3, 0.4) is 0 Å². The lowest BCUT2D eigenvalue weighted by Gasteiger charge is -2.28. The standard InChI is InChI=1S/C13H18N2O/c1-15-9-7-11(8-10-15)13(16)14-12-5-3-2-4-6-12/h2-6,11H,7-10H2,1H3,(H,14,16). The number of likely N-dealkylation sites (tertiary alicyclic amines) is 1. The van der Waals surface area contributed by atoms with Crippen molar-refractivity contribution < 1.29 is 4.79 Å². The number of amides is 1. The normalized spacial score (nSPS) is 18.3. The molecule has 0 spiro atoms. The number of nitrogens with zero attached hydrogens (tertiary/aromatic N) is 1. The maximum atomic E-state index is 11.9. The number of para-hydroxylation sites is 1. The quantitative estimate of drug-likeness (QED) is 0.823. The van der Waals surface area contributed by atoms with Crippen LogP contribution in [0.4, 0.5) is 5.69 Å². The molecule has 2 rings (SSSR count). The third-order valence-electron chi connectivity index (χ3n) is 3.13. The van der Waals surface area contributed by atoms with E-state index in [1.165, 1.54) is 0 Å². The summed E-state index contributed by atoms with van der Waals surface area (Å²) in [4.78, 5) is 14.2. The number of carbonyl (C=O) groups excluding carboxylic acids is 1. The van der Waals surface area contributed by atoms with Crippen molar-refractivity contribution in [2.75, 3.05) is 25.5 Å². The zero-order valence-corrected chi connectivity index (χ0v) is 9.65. The van der Waals surface area contributed by atoms with Crippen LogP contribution in [-0.4, -0.2) is 30.9 Å². The molecule has 16 heavy (non-hydrogen) atoms. The van der Waals surface area contributed by atoms with Crippen LogP contribution >= 0.6 is 0 Å². The molecule has 1 aliphatic heterocycles. The Morgan fingerprint density at radius 2 is 1.88 bits per heavy atom. The van der Waals surface area contributed by atoms with Crippen molar-refractivity contribution in [3.05, 3.63) is 30.3 Å². The Bertz CT molecular complexity index is 342. The van der Waals surface area contributed by atoms with Gasteiger partial charge < -0.3 is 10.2 Å². The SMILES string of the molecule is CN1CCC(C(=O)Nc2ccccc2)CC1. The van der Waals surface area contributed by atoms with Crippen LogP contribution in [0.5, 0.6) is 0 Å².